The van der Waals surface area contributed by atoms with Crippen molar-refractivity contribution in [2.45, 2.75) is 39.7 Å². The van der Waals surface area contributed by atoms with Gasteiger partial charge in [-0.1, -0.05) is 60.3 Å². The fraction of sp³-hybridized carbons (Fsp3) is 0.360. The summed E-state index contributed by atoms with van der Waals surface area (Å²) in [5.74, 6) is 1.31. The third kappa shape index (κ3) is 7.21. The van der Waals surface area contributed by atoms with Gasteiger partial charge in [-0.05, 0) is 81.9 Å². The van der Waals surface area contributed by atoms with E-state index in [9.17, 15) is 0 Å². The predicted molar refractivity (Wildman–Crippen MR) is 145 cm³/mol. The second kappa shape index (κ2) is 12.2. The number of anilines is 1. The summed E-state index contributed by atoms with van der Waals surface area (Å²) in [7, 11) is 0. The molecular formula is C25H28Cl4N4. The third-order valence-electron chi connectivity index (χ3n) is 5.51. The molecule has 33 heavy (non-hydrogen) atoms. The molecule has 8 heteroatoms. The Bertz CT molecular complexity index is 1110. The van der Waals surface area contributed by atoms with Gasteiger partial charge in [-0.25, -0.2) is 9.97 Å². The van der Waals surface area contributed by atoms with Crippen LogP contribution in [-0.4, -0.2) is 40.5 Å². The maximum atomic E-state index is 6.31. The Morgan fingerprint density at radius 3 is 2.30 bits per heavy atom. The van der Waals surface area contributed by atoms with Gasteiger partial charge in [-0.15, -0.1) is 0 Å². The second-order valence-corrected chi connectivity index (χ2v) is 9.61. The van der Waals surface area contributed by atoms with Crippen LogP contribution in [0.25, 0.3) is 23.1 Å². The minimum atomic E-state index is 0.256. The highest BCUT2D eigenvalue weighted by Gasteiger charge is 2.12. The molecule has 0 radical (unpaired) electrons. The Balaban J connectivity index is 1.86. The van der Waals surface area contributed by atoms with E-state index >= 15 is 0 Å². The molecule has 0 aliphatic rings. The largest absolute Gasteiger partial charge is 0.367 e. The molecule has 1 heterocycles. The van der Waals surface area contributed by atoms with Crippen LogP contribution in [0.5, 0.6) is 0 Å². The molecule has 0 saturated carbocycles. The number of rotatable bonds is 10. The van der Waals surface area contributed by atoms with Gasteiger partial charge in [0.2, 0.25) is 0 Å². The Morgan fingerprint density at radius 1 is 0.939 bits per heavy atom. The molecular weight excluding hydrogens is 498 g/mol. The smallest absolute Gasteiger partial charge is 0.154 e. The average molecular weight is 526 g/mol. The molecule has 1 aromatic heterocycles. The monoisotopic (exact) mass is 524 g/mol. The quantitative estimate of drug-likeness (QED) is 0.288. The van der Waals surface area contributed by atoms with Gasteiger partial charge in [0.1, 0.15) is 5.82 Å². The van der Waals surface area contributed by atoms with Crippen LogP contribution >= 0.6 is 46.4 Å². The highest BCUT2D eigenvalue weighted by Crippen LogP contribution is 2.31. The van der Waals surface area contributed by atoms with Gasteiger partial charge in [0, 0.05) is 27.0 Å². The van der Waals surface area contributed by atoms with Crippen molar-refractivity contribution < 1.29 is 0 Å². The maximum Gasteiger partial charge on any atom is 0.154 e. The van der Waals surface area contributed by atoms with E-state index < -0.39 is 0 Å². The van der Waals surface area contributed by atoms with E-state index in [1.54, 1.807) is 24.3 Å². The molecule has 4 nitrogen and oxygen atoms in total. The zero-order valence-electron chi connectivity index (χ0n) is 19.0. The van der Waals surface area contributed by atoms with E-state index in [2.05, 4.69) is 36.0 Å². The van der Waals surface area contributed by atoms with E-state index in [0.29, 0.717) is 31.5 Å². The van der Waals surface area contributed by atoms with Crippen molar-refractivity contribution in [3.63, 3.8) is 0 Å². The van der Waals surface area contributed by atoms with Crippen molar-refractivity contribution in [1.82, 2.24) is 14.9 Å². The van der Waals surface area contributed by atoms with E-state index in [4.69, 9.17) is 51.4 Å². The average Bonchev–Trinajstić information content (AvgIpc) is 2.75. The molecule has 1 atom stereocenters. The normalized spacial score (nSPS) is 12.7. The van der Waals surface area contributed by atoms with Crippen LogP contribution in [0.1, 0.15) is 45.0 Å². The number of halogens is 4. The summed E-state index contributed by atoms with van der Waals surface area (Å²) < 4.78 is 0. The fourth-order valence-corrected chi connectivity index (χ4v) is 4.75. The van der Waals surface area contributed by atoms with Gasteiger partial charge >= 0.3 is 0 Å². The molecule has 3 aromatic rings. The minimum absolute atomic E-state index is 0.256. The molecule has 0 unspecified atom stereocenters. The SMILES string of the molecule is CCN(CC)CCC[C@@H](C)Nc1nc(/C=C/c2c(Cl)cc(Cl)cc2Cl)nc2cc(Cl)ccc12. The van der Waals surface area contributed by atoms with E-state index in [0.717, 1.165) is 49.2 Å². The molecule has 3 rings (SSSR count). The van der Waals surface area contributed by atoms with Gasteiger partial charge in [0.15, 0.2) is 5.82 Å². The van der Waals surface area contributed by atoms with Gasteiger partial charge in [0.25, 0.3) is 0 Å². The van der Waals surface area contributed by atoms with E-state index in [1.165, 1.54) is 0 Å². The zero-order valence-corrected chi connectivity index (χ0v) is 22.0. The van der Waals surface area contributed by atoms with Gasteiger partial charge in [-0.3, -0.25) is 0 Å². The molecule has 1 N–H and O–H groups in total. The molecule has 0 amide bonds. The van der Waals surface area contributed by atoms with E-state index in [1.807, 2.05) is 18.2 Å². The van der Waals surface area contributed by atoms with Crippen LogP contribution < -0.4 is 5.32 Å². The minimum Gasteiger partial charge on any atom is -0.367 e. The molecule has 2 aromatic carbocycles. The Kier molecular flexibility index (Phi) is 9.66. The van der Waals surface area contributed by atoms with Crippen LogP contribution in [0.2, 0.25) is 20.1 Å². The van der Waals surface area contributed by atoms with Crippen molar-refractivity contribution in [3.05, 3.63) is 61.8 Å². The van der Waals surface area contributed by atoms with Crippen molar-refractivity contribution in [3.8, 4) is 0 Å². The lowest BCUT2D eigenvalue weighted by Crippen LogP contribution is -2.25. The Morgan fingerprint density at radius 2 is 1.64 bits per heavy atom. The summed E-state index contributed by atoms with van der Waals surface area (Å²) in [6.45, 7) is 9.82. The van der Waals surface area contributed by atoms with Crippen LogP contribution in [-0.2, 0) is 0 Å². The van der Waals surface area contributed by atoms with Gasteiger partial charge in [0.05, 0.1) is 15.6 Å². The maximum absolute atomic E-state index is 6.31. The number of benzene rings is 2. The summed E-state index contributed by atoms with van der Waals surface area (Å²) in [6, 6.07) is 9.21. The standard InChI is InChI=1S/C25H28Cl4N4/c1-4-33(5-2)12-6-7-16(3)30-25-20-9-8-17(26)15-23(20)31-24(32-25)11-10-19-21(28)13-18(27)14-22(19)29/h8-11,13-16H,4-7,12H2,1-3H3,(H,30,31,32)/b11-10+/t16-/m1/s1. The molecule has 0 fully saturated rings. The lowest BCUT2D eigenvalue weighted by molar-refractivity contribution is 0.295. The number of nitrogens with one attached hydrogen (secondary N) is 1. The van der Waals surface area contributed by atoms with Crippen LogP contribution in [0, 0.1) is 0 Å². The fourth-order valence-electron chi connectivity index (χ4n) is 3.64. The van der Waals surface area contributed by atoms with Crippen LogP contribution in [0.4, 0.5) is 5.82 Å². The first-order chi connectivity index (χ1) is 15.8. The predicted octanol–water partition coefficient (Wildman–Crippen LogP) is 8.34. The topological polar surface area (TPSA) is 41.0 Å². The number of nitrogens with zero attached hydrogens (tertiary/aromatic N) is 3. The number of aromatic nitrogens is 2. The molecule has 0 saturated heterocycles. The van der Waals surface area contributed by atoms with Crippen molar-refractivity contribution in [2.75, 3.05) is 25.0 Å². The first-order valence-electron chi connectivity index (χ1n) is 11.1. The zero-order chi connectivity index (χ0) is 24.0. The third-order valence-corrected chi connectivity index (χ3v) is 6.59. The number of hydrogen-bond acceptors (Lipinski definition) is 4. The first-order valence-corrected chi connectivity index (χ1v) is 12.6. The molecule has 0 spiro atoms. The molecule has 0 aliphatic carbocycles. The van der Waals surface area contributed by atoms with Gasteiger partial charge in [-0.2, -0.15) is 0 Å². The van der Waals surface area contributed by atoms with Crippen molar-refractivity contribution in [2.24, 2.45) is 0 Å². The first kappa shape index (κ1) is 26.1. The summed E-state index contributed by atoms with van der Waals surface area (Å²) in [6.07, 6.45) is 5.74. The summed E-state index contributed by atoms with van der Waals surface area (Å²) in [5, 5.41) is 6.53. The van der Waals surface area contributed by atoms with Gasteiger partial charge < -0.3 is 10.2 Å². The van der Waals surface area contributed by atoms with E-state index in [-0.39, 0.29) is 6.04 Å². The van der Waals surface area contributed by atoms with Crippen molar-refractivity contribution >= 4 is 75.3 Å². The Labute approximate surface area is 215 Å². The molecule has 176 valence electrons. The second-order valence-electron chi connectivity index (χ2n) is 7.92. The number of fused-ring (bicyclic) bond motifs is 1. The summed E-state index contributed by atoms with van der Waals surface area (Å²) >= 11 is 24.9. The number of hydrogen-bond donors (Lipinski definition) is 1. The van der Waals surface area contributed by atoms with Crippen molar-refractivity contribution in [1.29, 1.82) is 0 Å². The Hall–Kier alpha value is -1.56. The lowest BCUT2D eigenvalue weighted by Gasteiger charge is -2.20. The lowest BCUT2D eigenvalue weighted by atomic mass is 10.1. The molecule has 0 bridgehead atoms. The van der Waals surface area contributed by atoms with Crippen LogP contribution in [0.3, 0.4) is 0 Å². The summed E-state index contributed by atoms with van der Waals surface area (Å²) in [4.78, 5) is 11.9. The highest BCUT2D eigenvalue weighted by atomic mass is 35.5. The molecule has 0 aliphatic heterocycles. The summed E-state index contributed by atoms with van der Waals surface area (Å²) in [5.41, 5.74) is 1.43. The van der Waals surface area contributed by atoms with Crippen LogP contribution in [0.15, 0.2) is 30.3 Å². The highest BCUT2D eigenvalue weighted by molar-refractivity contribution is 6.40.